The summed E-state index contributed by atoms with van der Waals surface area (Å²) in [6.07, 6.45) is 0.885. The van der Waals surface area contributed by atoms with Crippen molar-refractivity contribution in [2.45, 2.75) is 19.4 Å². The lowest BCUT2D eigenvalue weighted by Gasteiger charge is -2.16. The number of aromatic nitrogens is 1. The number of likely N-dealkylation sites (tertiary alicyclic amines) is 1. The van der Waals surface area contributed by atoms with E-state index >= 15 is 0 Å². The van der Waals surface area contributed by atoms with Crippen molar-refractivity contribution >= 4 is 22.4 Å². The highest BCUT2D eigenvalue weighted by molar-refractivity contribution is 7.17. The largest absolute Gasteiger partial charge is 0.489 e. The number of hydrogen-bond acceptors (Lipinski definition) is 5. The van der Waals surface area contributed by atoms with Crippen molar-refractivity contribution < 1.29 is 9.53 Å². The van der Waals surface area contributed by atoms with Crippen LogP contribution in [0.5, 0.6) is 5.75 Å². The summed E-state index contributed by atoms with van der Waals surface area (Å²) in [5.74, 6) is 0.843. The van der Waals surface area contributed by atoms with Crippen molar-refractivity contribution in [3.63, 3.8) is 0 Å². The minimum atomic E-state index is 0.000798. The molecule has 0 saturated carbocycles. The lowest BCUT2D eigenvalue weighted by molar-refractivity contribution is 0.0776. The van der Waals surface area contributed by atoms with Gasteiger partial charge in [-0.05, 0) is 19.1 Å². The van der Waals surface area contributed by atoms with Crippen LogP contribution in [0.15, 0.2) is 30.3 Å². The second-order valence-electron chi connectivity index (χ2n) is 5.06. The number of benzene rings is 1. The molecule has 2 heterocycles. The Hall–Kier alpha value is -2.08. The van der Waals surface area contributed by atoms with Crippen LogP contribution >= 0.6 is 11.3 Å². The number of carbonyl (C=O) groups excluding carboxylic acids is 1. The number of carbonyl (C=O) groups is 1. The van der Waals surface area contributed by atoms with Gasteiger partial charge in [-0.1, -0.05) is 29.5 Å². The Kier molecular flexibility index (Phi) is 3.79. The van der Waals surface area contributed by atoms with E-state index in [2.05, 4.69) is 4.98 Å². The molecule has 6 heteroatoms. The number of para-hydroxylation sites is 1. The van der Waals surface area contributed by atoms with Crippen LogP contribution < -0.4 is 10.5 Å². The van der Waals surface area contributed by atoms with Crippen molar-refractivity contribution in [2.75, 3.05) is 18.8 Å². The maximum atomic E-state index is 12.5. The van der Waals surface area contributed by atoms with Gasteiger partial charge in [0.25, 0.3) is 5.91 Å². The molecule has 1 aliphatic heterocycles. The van der Waals surface area contributed by atoms with Crippen LogP contribution in [-0.2, 0) is 0 Å². The number of aryl methyl sites for hydroxylation is 1. The van der Waals surface area contributed by atoms with Gasteiger partial charge in [0, 0.05) is 13.0 Å². The number of nitrogens with zero attached hydrogens (tertiary/aromatic N) is 2. The van der Waals surface area contributed by atoms with E-state index in [0.29, 0.717) is 28.8 Å². The van der Waals surface area contributed by atoms with Crippen LogP contribution in [0.4, 0.5) is 5.13 Å². The topological polar surface area (TPSA) is 68.5 Å². The standard InChI is InChI=1S/C15H17N3O2S/c1-10-13(21-15(16)17-10)14(19)18-8-7-12(9-18)20-11-5-3-2-4-6-11/h2-6,12H,7-9H2,1H3,(H2,16,17)/t12-/m1/s1. The molecule has 3 rings (SSSR count). The Balaban J connectivity index is 1.64. The molecule has 0 aliphatic carbocycles. The molecule has 2 aromatic rings. The van der Waals surface area contributed by atoms with Gasteiger partial charge in [0.2, 0.25) is 0 Å². The van der Waals surface area contributed by atoms with E-state index < -0.39 is 0 Å². The van der Waals surface area contributed by atoms with E-state index in [9.17, 15) is 4.79 Å². The highest BCUT2D eigenvalue weighted by Crippen LogP contribution is 2.24. The van der Waals surface area contributed by atoms with Crippen LogP contribution in [0.2, 0.25) is 0 Å². The lowest BCUT2D eigenvalue weighted by atomic mass is 10.3. The summed E-state index contributed by atoms with van der Waals surface area (Å²) >= 11 is 1.25. The number of hydrogen-bond donors (Lipinski definition) is 1. The van der Waals surface area contributed by atoms with Gasteiger partial charge >= 0.3 is 0 Å². The first-order chi connectivity index (χ1) is 10.1. The second-order valence-corrected chi connectivity index (χ2v) is 6.09. The molecule has 110 valence electrons. The molecule has 5 nitrogen and oxygen atoms in total. The molecular formula is C15H17N3O2S. The number of amides is 1. The summed E-state index contributed by atoms with van der Waals surface area (Å²) in [7, 11) is 0. The molecule has 0 radical (unpaired) electrons. The quantitative estimate of drug-likeness (QED) is 0.945. The molecule has 1 atom stereocenters. The molecule has 1 saturated heterocycles. The highest BCUT2D eigenvalue weighted by atomic mass is 32.1. The molecule has 1 aromatic heterocycles. The number of nitrogen functional groups attached to an aromatic ring is 1. The van der Waals surface area contributed by atoms with Crippen molar-refractivity contribution in [1.29, 1.82) is 0 Å². The van der Waals surface area contributed by atoms with Crippen molar-refractivity contribution in [2.24, 2.45) is 0 Å². The summed E-state index contributed by atoms with van der Waals surface area (Å²) in [6, 6.07) is 9.69. The molecule has 1 aliphatic rings. The zero-order valence-electron chi connectivity index (χ0n) is 11.8. The Morgan fingerprint density at radius 1 is 1.43 bits per heavy atom. The van der Waals surface area contributed by atoms with Gasteiger partial charge in [0.05, 0.1) is 12.2 Å². The monoisotopic (exact) mass is 303 g/mol. The first-order valence-electron chi connectivity index (χ1n) is 6.87. The molecule has 0 spiro atoms. The molecule has 21 heavy (non-hydrogen) atoms. The maximum Gasteiger partial charge on any atom is 0.266 e. The third-order valence-corrected chi connectivity index (χ3v) is 4.46. The van der Waals surface area contributed by atoms with Gasteiger partial charge < -0.3 is 15.4 Å². The number of anilines is 1. The minimum absolute atomic E-state index is 0.000798. The van der Waals surface area contributed by atoms with Gasteiger partial charge in [0.1, 0.15) is 16.7 Å². The summed E-state index contributed by atoms with van der Waals surface area (Å²) < 4.78 is 5.90. The van der Waals surface area contributed by atoms with Crippen LogP contribution in [0.3, 0.4) is 0 Å². The van der Waals surface area contributed by atoms with Crippen molar-refractivity contribution in [3.8, 4) is 5.75 Å². The molecular weight excluding hydrogens is 286 g/mol. The molecule has 0 bridgehead atoms. The average molecular weight is 303 g/mol. The number of thiazole rings is 1. The van der Waals surface area contributed by atoms with Crippen molar-refractivity contribution in [1.82, 2.24) is 9.88 Å². The highest BCUT2D eigenvalue weighted by Gasteiger charge is 2.30. The Morgan fingerprint density at radius 2 is 2.19 bits per heavy atom. The first-order valence-corrected chi connectivity index (χ1v) is 7.69. The average Bonchev–Trinajstić information content (AvgIpc) is 3.06. The van der Waals surface area contributed by atoms with Gasteiger partial charge in [-0.25, -0.2) is 4.98 Å². The molecule has 1 aromatic carbocycles. The van der Waals surface area contributed by atoms with Gasteiger partial charge in [-0.15, -0.1) is 0 Å². The molecule has 1 amide bonds. The second kappa shape index (κ2) is 5.73. The first kappa shape index (κ1) is 13.9. The summed E-state index contributed by atoms with van der Waals surface area (Å²) in [4.78, 5) is 19.0. The van der Waals surface area contributed by atoms with Crippen LogP contribution in [0, 0.1) is 6.92 Å². The number of nitrogens with two attached hydrogens (primary N) is 1. The Bertz CT molecular complexity index is 642. The maximum absolute atomic E-state index is 12.5. The zero-order valence-corrected chi connectivity index (χ0v) is 12.6. The van der Waals surface area contributed by atoms with Crippen molar-refractivity contribution in [3.05, 3.63) is 40.9 Å². The predicted molar refractivity (Wildman–Crippen MR) is 82.6 cm³/mol. The third-order valence-electron chi connectivity index (χ3n) is 3.49. The Labute approximate surface area is 127 Å². The van der Waals surface area contributed by atoms with Crippen LogP contribution in [-0.4, -0.2) is 35.0 Å². The smallest absolute Gasteiger partial charge is 0.266 e. The lowest BCUT2D eigenvalue weighted by Crippen LogP contribution is -2.30. The fourth-order valence-corrected chi connectivity index (χ4v) is 3.26. The van der Waals surface area contributed by atoms with E-state index in [4.69, 9.17) is 10.5 Å². The van der Waals surface area contributed by atoms with E-state index in [1.807, 2.05) is 42.2 Å². The van der Waals surface area contributed by atoms with E-state index in [1.165, 1.54) is 11.3 Å². The number of ether oxygens (including phenoxy) is 1. The fourth-order valence-electron chi connectivity index (χ4n) is 2.46. The molecule has 2 N–H and O–H groups in total. The third kappa shape index (κ3) is 3.00. The predicted octanol–water partition coefficient (Wildman–Crippen LogP) is 2.33. The fraction of sp³-hybridized carbons (Fsp3) is 0.333. The van der Waals surface area contributed by atoms with E-state index in [-0.39, 0.29) is 12.0 Å². The van der Waals surface area contributed by atoms with Gasteiger partial charge in [-0.2, -0.15) is 0 Å². The summed E-state index contributed by atoms with van der Waals surface area (Å²) in [5, 5.41) is 0.437. The van der Waals surface area contributed by atoms with E-state index in [0.717, 1.165) is 12.2 Å². The normalized spacial score (nSPS) is 18.0. The van der Waals surface area contributed by atoms with Gasteiger partial charge in [-0.3, -0.25) is 4.79 Å². The SMILES string of the molecule is Cc1nc(N)sc1C(=O)N1CC[C@@H](Oc2ccccc2)C1. The number of rotatable bonds is 3. The zero-order chi connectivity index (χ0) is 14.8. The van der Waals surface area contributed by atoms with Crippen LogP contribution in [0.25, 0.3) is 0 Å². The van der Waals surface area contributed by atoms with Crippen LogP contribution in [0.1, 0.15) is 21.8 Å². The van der Waals surface area contributed by atoms with Gasteiger partial charge in [0.15, 0.2) is 5.13 Å². The van der Waals surface area contributed by atoms with E-state index in [1.54, 1.807) is 0 Å². The molecule has 1 fully saturated rings. The summed E-state index contributed by atoms with van der Waals surface area (Å²) in [6.45, 7) is 3.12. The minimum Gasteiger partial charge on any atom is -0.489 e. The summed E-state index contributed by atoms with van der Waals surface area (Å²) in [5.41, 5.74) is 6.36. The Morgan fingerprint density at radius 3 is 2.86 bits per heavy atom. The molecule has 0 unspecified atom stereocenters.